The number of hydrogen-bond acceptors (Lipinski definition) is 3. The molecule has 0 radical (unpaired) electrons. The van der Waals surface area contributed by atoms with E-state index in [4.69, 9.17) is 0 Å². The third-order valence-electron chi connectivity index (χ3n) is 3.09. The fourth-order valence-electron chi connectivity index (χ4n) is 1.94. The van der Waals surface area contributed by atoms with Gasteiger partial charge in [0.25, 0.3) is 0 Å². The van der Waals surface area contributed by atoms with E-state index in [1.807, 2.05) is 0 Å². The van der Waals surface area contributed by atoms with Crippen LogP contribution in [0.3, 0.4) is 0 Å². The number of nitrogens with one attached hydrogen (secondary N) is 1. The number of anilines is 1. The summed E-state index contributed by atoms with van der Waals surface area (Å²) in [6, 6.07) is 6.15. The van der Waals surface area contributed by atoms with Crippen LogP contribution in [0.1, 0.15) is 51.9 Å². The fraction of sp³-hybridized carbons (Fsp3) is 0.533. The molecule has 0 heterocycles. The van der Waals surface area contributed by atoms with Gasteiger partial charge in [-0.15, -0.1) is 0 Å². The van der Waals surface area contributed by atoms with Crippen molar-refractivity contribution in [2.45, 2.75) is 56.8 Å². The number of carbonyl (C=O) groups excluding carboxylic acids is 1. The molecule has 0 saturated carbocycles. The van der Waals surface area contributed by atoms with Crippen molar-refractivity contribution in [1.82, 2.24) is 0 Å². The van der Waals surface area contributed by atoms with E-state index in [1.54, 1.807) is 12.1 Å². The molecule has 1 aromatic carbocycles. The first-order valence-electron chi connectivity index (χ1n) is 7.12. The van der Waals surface area contributed by atoms with Gasteiger partial charge >= 0.3 is 0 Å². The Morgan fingerprint density at radius 2 is 1.70 bits per heavy atom. The molecule has 0 aliphatic carbocycles. The van der Waals surface area contributed by atoms with Crippen molar-refractivity contribution in [2.75, 3.05) is 5.32 Å². The number of hydrogen-bond donors (Lipinski definition) is 1. The van der Waals surface area contributed by atoms with E-state index >= 15 is 0 Å². The molecular weight excluding hydrogens is 274 g/mol. The normalized spacial score (nSPS) is 12.1. The molecule has 112 valence electrons. The monoisotopic (exact) mass is 296 g/mol. The zero-order chi connectivity index (χ0) is 14.8. The highest BCUT2D eigenvalue weighted by Gasteiger charge is 2.02. The zero-order valence-corrected chi connectivity index (χ0v) is 12.7. The molecule has 4 nitrogen and oxygen atoms in total. The Labute approximate surface area is 123 Å². The molecule has 1 rings (SSSR count). The smallest absolute Gasteiger partial charge is 0.224 e. The van der Waals surface area contributed by atoms with Gasteiger partial charge in [0, 0.05) is 17.0 Å². The van der Waals surface area contributed by atoms with Crippen LogP contribution in [-0.2, 0) is 15.9 Å². The van der Waals surface area contributed by atoms with Crippen molar-refractivity contribution < 1.29 is 13.6 Å². The number of benzene rings is 1. The Hall–Kier alpha value is -1.20. The quantitative estimate of drug-likeness (QED) is 0.559. The Kier molecular flexibility index (Phi) is 8.14. The Morgan fingerprint density at radius 1 is 1.10 bits per heavy atom. The second-order valence-corrected chi connectivity index (χ2v) is 5.77. The second-order valence-electron chi connectivity index (χ2n) is 4.83. The van der Waals surface area contributed by atoms with Crippen molar-refractivity contribution in [2.24, 2.45) is 0 Å². The van der Waals surface area contributed by atoms with E-state index in [0.29, 0.717) is 12.1 Å². The van der Waals surface area contributed by atoms with Crippen molar-refractivity contribution in [3.8, 4) is 0 Å². The van der Waals surface area contributed by atoms with Gasteiger partial charge in [-0.25, -0.2) is 0 Å². The molecule has 5 heteroatoms. The molecule has 0 aromatic heterocycles. The van der Waals surface area contributed by atoms with E-state index in [1.165, 1.54) is 37.8 Å². The van der Waals surface area contributed by atoms with Crippen LogP contribution in [-0.4, -0.2) is 14.7 Å². The molecule has 1 aromatic rings. The summed E-state index contributed by atoms with van der Waals surface area (Å²) in [5.41, 5.74) is 0.634. The lowest BCUT2D eigenvalue weighted by Crippen LogP contribution is -2.11. The molecule has 0 aliphatic rings. The Bertz CT molecular complexity index is 431. The molecule has 1 amide bonds. The molecule has 1 unspecified atom stereocenters. The molecular formula is C15H22NO3S-. The van der Waals surface area contributed by atoms with Crippen LogP contribution in [0.4, 0.5) is 5.69 Å². The van der Waals surface area contributed by atoms with Crippen molar-refractivity contribution in [3.63, 3.8) is 0 Å². The highest BCUT2D eigenvalue weighted by Crippen LogP contribution is 2.13. The summed E-state index contributed by atoms with van der Waals surface area (Å²) >= 11 is -2.22. The van der Waals surface area contributed by atoms with Crippen molar-refractivity contribution in [3.05, 3.63) is 24.3 Å². The van der Waals surface area contributed by atoms with Gasteiger partial charge in [-0.1, -0.05) is 39.0 Å². The molecule has 0 bridgehead atoms. The van der Waals surface area contributed by atoms with Crippen LogP contribution in [0.25, 0.3) is 0 Å². The van der Waals surface area contributed by atoms with Gasteiger partial charge in [-0.05, 0) is 41.8 Å². The van der Waals surface area contributed by atoms with Gasteiger partial charge in [0.05, 0.1) is 0 Å². The topological polar surface area (TPSA) is 69.2 Å². The molecule has 0 spiro atoms. The van der Waals surface area contributed by atoms with Gasteiger partial charge in [0.1, 0.15) is 0 Å². The van der Waals surface area contributed by atoms with Crippen LogP contribution >= 0.6 is 0 Å². The third kappa shape index (κ3) is 6.82. The van der Waals surface area contributed by atoms with E-state index < -0.39 is 11.1 Å². The first-order valence-corrected chi connectivity index (χ1v) is 8.20. The molecule has 1 N–H and O–H groups in total. The van der Waals surface area contributed by atoms with Gasteiger partial charge in [0.2, 0.25) is 5.91 Å². The first kappa shape index (κ1) is 16.9. The van der Waals surface area contributed by atoms with Crippen molar-refractivity contribution >= 4 is 22.7 Å². The number of rotatable bonds is 9. The fourth-order valence-corrected chi connectivity index (χ4v) is 2.30. The minimum absolute atomic E-state index is 0.0171. The maximum Gasteiger partial charge on any atom is 0.224 e. The van der Waals surface area contributed by atoms with Gasteiger partial charge in [-0.2, -0.15) is 0 Å². The van der Waals surface area contributed by atoms with Crippen molar-refractivity contribution in [1.29, 1.82) is 0 Å². The summed E-state index contributed by atoms with van der Waals surface area (Å²) in [4.78, 5) is 11.9. The number of carbonyl (C=O) groups is 1. The third-order valence-corrected chi connectivity index (χ3v) is 3.74. The highest BCUT2D eigenvalue weighted by molar-refractivity contribution is 7.79. The van der Waals surface area contributed by atoms with Crippen LogP contribution < -0.4 is 5.32 Å². The summed E-state index contributed by atoms with van der Waals surface area (Å²) in [6.07, 6.45) is 7.42. The minimum Gasteiger partial charge on any atom is -0.768 e. The zero-order valence-electron chi connectivity index (χ0n) is 11.9. The maximum atomic E-state index is 11.7. The van der Waals surface area contributed by atoms with Gasteiger partial charge in [0.15, 0.2) is 0 Å². The van der Waals surface area contributed by atoms with Crippen LogP contribution in [0.2, 0.25) is 0 Å². The van der Waals surface area contributed by atoms with E-state index in [2.05, 4.69) is 12.2 Å². The van der Waals surface area contributed by atoms with E-state index in [-0.39, 0.29) is 10.8 Å². The number of amides is 1. The predicted octanol–water partition coefficient (Wildman–Crippen LogP) is 3.61. The average Bonchev–Trinajstić information content (AvgIpc) is 2.43. The van der Waals surface area contributed by atoms with Gasteiger partial charge in [-0.3, -0.25) is 9.00 Å². The maximum absolute atomic E-state index is 11.7. The highest BCUT2D eigenvalue weighted by atomic mass is 32.2. The SMILES string of the molecule is CCCCCCCCC(=O)Nc1ccc(S(=O)[O-])cc1. The predicted molar refractivity (Wildman–Crippen MR) is 80.3 cm³/mol. The molecule has 20 heavy (non-hydrogen) atoms. The standard InChI is InChI=1S/C15H23NO3S/c1-2-3-4-5-6-7-8-15(17)16-13-9-11-14(12-10-13)20(18)19/h9-12H,2-8H2,1H3,(H,16,17)(H,18,19)/p-1. The van der Waals surface area contributed by atoms with Crippen LogP contribution in [0.15, 0.2) is 29.2 Å². The lowest BCUT2D eigenvalue weighted by atomic mass is 10.1. The van der Waals surface area contributed by atoms with E-state index in [9.17, 15) is 13.6 Å². The summed E-state index contributed by atoms with van der Waals surface area (Å²) in [5.74, 6) is -0.0171. The summed E-state index contributed by atoms with van der Waals surface area (Å²) < 4.78 is 21.4. The molecule has 0 saturated heterocycles. The van der Waals surface area contributed by atoms with E-state index in [0.717, 1.165) is 12.8 Å². The van der Waals surface area contributed by atoms with Crippen LogP contribution in [0.5, 0.6) is 0 Å². The molecule has 1 atom stereocenters. The Balaban J connectivity index is 2.23. The molecule has 0 aliphatic heterocycles. The van der Waals surface area contributed by atoms with Crippen LogP contribution in [0, 0.1) is 0 Å². The summed E-state index contributed by atoms with van der Waals surface area (Å²) in [6.45, 7) is 2.18. The number of unbranched alkanes of at least 4 members (excludes halogenated alkanes) is 5. The lowest BCUT2D eigenvalue weighted by Gasteiger charge is -2.08. The summed E-state index contributed by atoms with van der Waals surface area (Å²) in [7, 11) is 0. The average molecular weight is 296 g/mol. The molecule has 0 fully saturated rings. The Morgan fingerprint density at radius 3 is 2.30 bits per heavy atom. The largest absolute Gasteiger partial charge is 0.768 e. The summed E-state index contributed by atoms with van der Waals surface area (Å²) in [5, 5.41) is 2.77. The first-order chi connectivity index (χ1) is 9.63. The lowest BCUT2D eigenvalue weighted by molar-refractivity contribution is -0.116. The minimum atomic E-state index is -2.22. The van der Waals surface area contributed by atoms with Gasteiger partial charge < -0.3 is 9.87 Å². The second kappa shape index (κ2) is 9.66.